The lowest BCUT2D eigenvalue weighted by molar-refractivity contribution is -0.181. The molecule has 0 aliphatic carbocycles. The van der Waals surface area contributed by atoms with Gasteiger partial charge in [0.15, 0.2) is 13.0 Å². The summed E-state index contributed by atoms with van der Waals surface area (Å²) in [6, 6.07) is 27.5. The molecule has 442 valence electrons. The van der Waals surface area contributed by atoms with Crippen LogP contribution in [-0.4, -0.2) is 121 Å². The van der Waals surface area contributed by atoms with Crippen molar-refractivity contribution in [1.29, 1.82) is 5.26 Å². The fourth-order valence-electron chi connectivity index (χ4n) is 8.97. The molecule has 0 radical (unpaired) electrons. The third-order valence-electron chi connectivity index (χ3n) is 12.9. The van der Waals surface area contributed by atoms with Crippen LogP contribution in [0.3, 0.4) is 0 Å². The second-order valence-electron chi connectivity index (χ2n) is 21.6. The predicted octanol–water partition coefficient (Wildman–Crippen LogP) is 9.22. The van der Waals surface area contributed by atoms with Gasteiger partial charge in [-0.1, -0.05) is 68.4 Å². The number of carbonyl (C=O) groups excluding carboxylic acids is 3. The summed E-state index contributed by atoms with van der Waals surface area (Å²) in [6.07, 6.45) is -5.16. The molecule has 1 fully saturated rings. The van der Waals surface area contributed by atoms with Gasteiger partial charge in [-0.25, -0.2) is 19.1 Å². The van der Waals surface area contributed by atoms with Crippen LogP contribution < -0.4 is 31.4 Å². The van der Waals surface area contributed by atoms with Crippen molar-refractivity contribution < 1.29 is 61.3 Å². The lowest BCUT2D eigenvalue weighted by Crippen LogP contribution is -2.48. The minimum Gasteiger partial charge on any atom is -0.497 e. The van der Waals surface area contributed by atoms with E-state index in [4.69, 9.17) is 46.9 Å². The number of nitrogens with zero attached hydrogens (tertiary/aromatic N) is 4. The molecular formula is C58H80N7O15P. The SMILES string of the molecule is CCC(CC)(CN=C(NC(=O)OC(C)(C)C)NC(=O)OC(C)(C)C)C(=O)OCO[C@@H]1[C@H](OP(OCCC#N)N(C(C)C)C(C)C)[C@@H](COC(c2ccccc2)(c2ccc(OC)cc2)c2ccc(OC)cc2)O[C@H]1n1ccc(=O)[nH]c1=O. The molecule has 1 aliphatic heterocycles. The zero-order valence-corrected chi connectivity index (χ0v) is 49.8. The largest absolute Gasteiger partial charge is 0.497 e. The average molecular weight is 1150 g/mol. The number of ether oxygens (including phenoxy) is 8. The Balaban J connectivity index is 1.63. The maximum Gasteiger partial charge on any atom is 0.414 e. The lowest BCUT2D eigenvalue weighted by Gasteiger charge is -2.39. The molecule has 5 atom stereocenters. The van der Waals surface area contributed by atoms with E-state index in [1.54, 1.807) is 69.6 Å². The second kappa shape index (κ2) is 29.3. The highest BCUT2D eigenvalue weighted by molar-refractivity contribution is 7.44. The normalized spacial score (nSPS) is 17.0. The van der Waals surface area contributed by atoms with E-state index in [1.165, 1.54) is 6.20 Å². The summed E-state index contributed by atoms with van der Waals surface area (Å²) >= 11 is 0. The summed E-state index contributed by atoms with van der Waals surface area (Å²) in [5.74, 6) is 0.139. The molecule has 5 rings (SSSR count). The topological polar surface area (TPSA) is 262 Å². The first-order valence-corrected chi connectivity index (χ1v) is 28.0. The standard InChI is InChI=1S/C58H80N7O15P/c1-15-57(16-2,36-60-51(62-53(69)78-55(7,8)9)63-54(70)79-56(10,11)12)50(67)74-37-73-48-47(80-81(76-34-20-32-59)65(38(3)4)39(5)6)45(77-49(48)64-33-31-46(66)61-52(64)68)35-75-58(40-21-18-17-19-22-40,41-23-27-43(71-13)28-24-41)42-25-29-44(72-14)30-26-42/h17-19,21-31,33,38-39,45,47-49H,15-16,20,34-37H2,1-14H3,(H,61,66,68)(H2,60,62,63,69,70)/t45-,47-,48-,49-,81?/m1/s1. The molecule has 1 aromatic heterocycles. The number of nitriles is 1. The highest BCUT2D eigenvalue weighted by Crippen LogP contribution is 2.51. The van der Waals surface area contributed by atoms with Crippen LogP contribution >= 0.6 is 8.53 Å². The zero-order valence-electron chi connectivity index (χ0n) is 48.9. The third kappa shape index (κ3) is 17.7. The van der Waals surface area contributed by atoms with Crippen molar-refractivity contribution in [3.63, 3.8) is 0 Å². The fourth-order valence-corrected chi connectivity index (χ4v) is 10.7. The van der Waals surface area contributed by atoms with Gasteiger partial charge >= 0.3 is 23.8 Å². The Morgan fingerprint density at radius 1 is 0.790 bits per heavy atom. The Bertz CT molecular complexity index is 2770. The van der Waals surface area contributed by atoms with E-state index in [9.17, 15) is 29.2 Å². The molecule has 0 spiro atoms. The molecule has 3 aromatic carbocycles. The summed E-state index contributed by atoms with van der Waals surface area (Å²) in [7, 11) is 1.10. The van der Waals surface area contributed by atoms with E-state index in [-0.39, 0.29) is 57.1 Å². The van der Waals surface area contributed by atoms with Crippen molar-refractivity contribution >= 4 is 32.6 Å². The van der Waals surface area contributed by atoms with Crippen molar-refractivity contribution in [1.82, 2.24) is 24.9 Å². The second-order valence-corrected chi connectivity index (χ2v) is 23.0. The molecule has 2 amide bonds. The minimum atomic E-state index is -2.06. The number of aromatic amines is 1. The van der Waals surface area contributed by atoms with Gasteiger partial charge in [-0.3, -0.25) is 34.8 Å². The van der Waals surface area contributed by atoms with Crippen LogP contribution in [0.25, 0.3) is 0 Å². The van der Waals surface area contributed by atoms with Gasteiger partial charge < -0.3 is 46.9 Å². The molecule has 4 aromatic rings. The number of benzene rings is 3. The quantitative estimate of drug-likeness (QED) is 0.00816. The summed E-state index contributed by atoms with van der Waals surface area (Å²) in [5, 5.41) is 14.5. The number of esters is 1. The monoisotopic (exact) mass is 1150 g/mol. The summed E-state index contributed by atoms with van der Waals surface area (Å²) in [6.45, 7) is 20.2. The van der Waals surface area contributed by atoms with E-state index >= 15 is 0 Å². The molecule has 1 aliphatic rings. The summed E-state index contributed by atoms with van der Waals surface area (Å²) in [5.41, 5.74) is -3.85. The molecule has 0 bridgehead atoms. The number of H-pyrrole nitrogens is 1. The first-order chi connectivity index (χ1) is 38.3. The van der Waals surface area contributed by atoms with Crippen LogP contribution in [0.5, 0.6) is 11.5 Å². The van der Waals surface area contributed by atoms with E-state index in [0.717, 1.165) is 16.2 Å². The molecule has 0 saturated carbocycles. The Labute approximate surface area is 475 Å². The average Bonchev–Trinajstić information content (AvgIpc) is 3.74. The number of guanidine groups is 1. The molecule has 22 nitrogen and oxygen atoms in total. The van der Waals surface area contributed by atoms with Crippen molar-refractivity contribution in [3.8, 4) is 17.6 Å². The van der Waals surface area contributed by atoms with Gasteiger partial charge in [0.05, 0.1) is 51.9 Å². The third-order valence-corrected chi connectivity index (χ3v) is 15.1. The summed E-state index contributed by atoms with van der Waals surface area (Å²) < 4.78 is 65.7. The van der Waals surface area contributed by atoms with Crippen LogP contribution in [-0.2, 0) is 47.9 Å². The highest BCUT2D eigenvalue weighted by atomic mass is 31.2. The van der Waals surface area contributed by atoms with E-state index in [0.29, 0.717) is 22.6 Å². The molecule has 1 unspecified atom stereocenters. The highest BCUT2D eigenvalue weighted by Gasteiger charge is 2.52. The number of nitrogens with one attached hydrogen (secondary N) is 3. The van der Waals surface area contributed by atoms with Crippen molar-refractivity contribution in [3.05, 3.63) is 129 Å². The van der Waals surface area contributed by atoms with Crippen LogP contribution in [0.1, 0.15) is 125 Å². The summed E-state index contributed by atoms with van der Waals surface area (Å²) in [4.78, 5) is 73.7. The molecule has 23 heteroatoms. The van der Waals surface area contributed by atoms with E-state index in [1.807, 2.05) is 111 Å². The molecule has 81 heavy (non-hydrogen) atoms. The van der Waals surface area contributed by atoms with Gasteiger partial charge in [-0.15, -0.1) is 0 Å². The van der Waals surface area contributed by atoms with E-state index < -0.39 is 91.5 Å². The van der Waals surface area contributed by atoms with Crippen LogP contribution in [0.15, 0.2) is 106 Å². The lowest BCUT2D eigenvalue weighted by atomic mass is 9.80. The fraction of sp³-hybridized carbons (Fsp3) is 0.534. The van der Waals surface area contributed by atoms with Gasteiger partial charge in [0.2, 0.25) is 5.96 Å². The Morgan fingerprint density at radius 3 is 1.79 bits per heavy atom. The van der Waals surface area contributed by atoms with Gasteiger partial charge in [-0.2, -0.15) is 5.26 Å². The van der Waals surface area contributed by atoms with Crippen LogP contribution in [0.4, 0.5) is 9.59 Å². The van der Waals surface area contributed by atoms with Crippen molar-refractivity contribution in [2.75, 3.05) is 40.8 Å². The minimum absolute atomic E-state index is 0.00575. The Hall–Kier alpha value is -6.70. The zero-order chi connectivity index (χ0) is 59.7. The number of methoxy groups -OCH3 is 2. The molecular weight excluding hydrogens is 1070 g/mol. The maximum atomic E-state index is 14.5. The number of rotatable bonds is 25. The Kier molecular flexibility index (Phi) is 23.6. The predicted molar refractivity (Wildman–Crippen MR) is 303 cm³/mol. The van der Waals surface area contributed by atoms with E-state index in [2.05, 4.69) is 26.7 Å². The number of hydrogen-bond donors (Lipinski definition) is 3. The first-order valence-electron chi connectivity index (χ1n) is 26.9. The Morgan fingerprint density at radius 2 is 1.32 bits per heavy atom. The first kappa shape index (κ1) is 65.1. The number of amides is 2. The van der Waals surface area contributed by atoms with Gasteiger partial charge in [-0.05, 0) is 123 Å². The molecule has 2 heterocycles. The van der Waals surface area contributed by atoms with Gasteiger partial charge in [0.25, 0.3) is 14.1 Å². The smallest absolute Gasteiger partial charge is 0.414 e. The maximum absolute atomic E-state index is 14.5. The van der Waals surface area contributed by atoms with Crippen molar-refractivity contribution in [2.45, 2.75) is 156 Å². The molecule has 3 N–H and O–H groups in total. The van der Waals surface area contributed by atoms with Gasteiger partial charge in [0, 0.05) is 24.3 Å². The van der Waals surface area contributed by atoms with Crippen LogP contribution in [0.2, 0.25) is 0 Å². The molecule has 1 saturated heterocycles. The van der Waals surface area contributed by atoms with Crippen molar-refractivity contribution in [2.24, 2.45) is 10.4 Å². The number of aromatic nitrogens is 2. The number of alkyl carbamates (subject to hydrolysis) is 2. The number of hydrogen-bond acceptors (Lipinski definition) is 18. The van der Waals surface area contributed by atoms with Gasteiger partial charge in [0.1, 0.15) is 46.6 Å². The van der Waals surface area contributed by atoms with Crippen LogP contribution in [0, 0.1) is 16.7 Å². The number of aliphatic imine (C=N–C) groups is 1. The number of carbonyl (C=O) groups is 3.